The van der Waals surface area contributed by atoms with Crippen LogP contribution in [-0.2, 0) is 6.42 Å². The molecule has 0 bridgehead atoms. The Kier molecular flexibility index (Phi) is 6.99. The number of likely N-dealkylation sites (N-methyl/N-ethyl adjacent to an activating group) is 1. The molecule has 4 nitrogen and oxygen atoms in total. The highest BCUT2D eigenvalue weighted by atomic mass is 79.9. The van der Waals surface area contributed by atoms with Gasteiger partial charge in [-0.3, -0.25) is 0 Å². The van der Waals surface area contributed by atoms with Gasteiger partial charge in [0.05, 0.1) is 18.2 Å². The number of hydrogen-bond acceptors (Lipinski definition) is 4. The molecule has 1 heterocycles. The average Bonchev–Trinajstić information content (AvgIpc) is 2.51. The molecule has 1 fully saturated rings. The molecule has 1 aromatic carbocycles. The van der Waals surface area contributed by atoms with Crippen molar-refractivity contribution in [2.45, 2.75) is 19.8 Å². The van der Waals surface area contributed by atoms with Crippen molar-refractivity contribution in [3.63, 3.8) is 0 Å². The predicted octanol–water partition coefficient (Wildman–Crippen LogP) is 3.04. The lowest BCUT2D eigenvalue weighted by molar-refractivity contribution is 0.153. The average molecular weight is 371 g/mol. The minimum Gasteiger partial charge on any atom is -0.493 e. The van der Waals surface area contributed by atoms with Gasteiger partial charge in [0.2, 0.25) is 0 Å². The quantitative estimate of drug-likeness (QED) is 0.736. The molecular formula is C17H27BrN2O2. The predicted molar refractivity (Wildman–Crippen MR) is 94.1 cm³/mol. The van der Waals surface area contributed by atoms with E-state index in [1.165, 1.54) is 44.7 Å². The van der Waals surface area contributed by atoms with E-state index in [9.17, 15) is 0 Å². The highest BCUT2D eigenvalue weighted by molar-refractivity contribution is 9.10. The molecule has 0 unspecified atom stereocenters. The monoisotopic (exact) mass is 370 g/mol. The van der Waals surface area contributed by atoms with Crippen molar-refractivity contribution >= 4 is 15.9 Å². The lowest BCUT2D eigenvalue weighted by Crippen LogP contribution is -2.44. The maximum absolute atomic E-state index is 5.64. The maximum Gasteiger partial charge on any atom is 0.175 e. The second-order valence-electron chi connectivity index (χ2n) is 5.79. The van der Waals surface area contributed by atoms with Crippen LogP contribution in [-0.4, -0.2) is 63.3 Å². The van der Waals surface area contributed by atoms with Gasteiger partial charge >= 0.3 is 0 Å². The molecule has 0 radical (unpaired) electrons. The Morgan fingerprint density at radius 2 is 1.91 bits per heavy atom. The fourth-order valence-electron chi connectivity index (χ4n) is 2.78. The molecule has 1 aliphatic rings. The first-order chi connectivity index (χ1) is 10.6. The van der Waals surface area contributed by atoms with Gasteiger partial charge in [0.1, 0.15) is 0 Å². The zero-order valence-corrected chi connectivity index (χ0v) is 15.5. The molecule has 124 valence electrons. The number of piperazine rings is 1. The molecule has 5 heteroatoms. The minimum absolute atomic E-state index is 0.637. The molecule has 0 amide bonds. The van der Waals surface area contributed by atoms with E-state index in [1.807, 2.05) is 6.92 Å². The fourth-order valence-corrected chi connectivity index (χ4v) is 3.38. The second kappa shape index (κ2) is 8.75. The van der Waals surface area contributed by atoms with E-state index >= 15 is 0 Å². The van der Waals surface area contributed by atoms with Crippen molar-refractivity contribution in [2.24, 2.45) is 0 Å². The van der Waals surface area contributed by atoms with E-state index in [1.54, 1.807) is 7.11 Å². The van der Waals surface area contributed by atoms with Crippen molar-refractivity contribution in [1.82, 2.24) is 9.80 Å². The number of aryl methyl sites for hydroxylation is 1. The molecule has 0 saturated carbocycles. The molecule has 1 saturated heterocycles. The third-order valence-electron chi connectivity index (χ3n) is 4.11. The van der Waals surface area contributed by atoms with Gasteiger partial charge in [0, 0.05) is 26.2 Å². The SMILES string of the molecule is CCOc1c(Br)cc(CCCN2CCN(C)CC2)cc1OC. The summed E-state index contributed by atoms with van der Waals surface area (Å²) in [5.41, 5.74) is 1.29. The van der Waals surface area contributed by atoms with Crippen LogP contribution in [0.5, 0.6) is 11.5 Å². The van der Waals surface area contributed by atoms with E-state index in [0.29, 0.717) is 6.61 Å². The van der Waals surface area contributed by atoms with Crippen molar-refractivity contribution < 1.29 is 9.47 Å². The Morgan fingerprint density at radius 1 is 1.18 bits per heavy atom. The summed E-state index contributed by atoms with van der Waals surface area (Å²) in [5.74, 6) is 1.61. The highest BCUT2D eigenvalue weighted by Gasteiger charge is 2.14. The summed E-state index contributed by atoms with van der Waals surface area (Å²) >= 11 is 3.59. The van der Waals surface area contributed by atoms with Gasteiger partial charge < -0.3 is 19.3 Å². The number of methoxy groups -OCH3 is 1. The first kappa shape index (κ1) is 17.6. The van der Waals surface area contributed by atoms with Crippen LogP contribution in [0.15, 0.2) is 16.6 Å². The van der Waals surface area contributed by atoms with E-state index < -0.39 is 0 Å². The lowest BCUT2D eigenvalue weighted by Gasteiger charge is -2.32. The van der Waals surface area contributed by atoms with Gasteiger partial charge in [-0.05, 0) is 67.0 Å². The Hall–Kier alpha value is -0.780. The lowest BCUT2D eigenvalue weighted by atomic mass is 10.1. The summed E-state index contributed by atoms with van der Waals surface area (Å²) in [7, 11) is 3.89. The minimum atomic E-state index is 0.637. The zero-order chi connectivity index (χ0) is 15.9. The van der Waals surface area contributed by atoms with Crippen LogP contribution in [0.25, 0.3) is 0 Å². The van der Waals surface area contributed by atoms with Crippen LogP contribution in [0.2, 0.25) is 0 Å². The normalized spacial score (nSPS) is 16.7. The van der Waals surface area contributed by atoms with Gasteiger partial charge in [0.15, 0.2) is 11.5 Å². The molecule has 2 rings (SSSR count). The Balaban J connectivity index is 1.88. The number of nitrogens with zero attached hydrogens (tertiary/aromatic N) is 2. The number of rotatable bonds is 7. The Morgan fingerprint density at radius 3 is 2.55 bits per heavy atom. The molecule has 0 atom stereocenters. The first-order valence-electron chi connectivity index (χ1n) is 8.04. The number of ether oxygens (including phenoxy) is 2. The Bertz CT molecular complexity index is 474. The van der Waals surface area contributed by atoms with Crippen molar-refractivity contribution in [2.75, 3.05) is 53.5 Å². The summed E-state index contributed by atoms with van der Waals surface area (Å²) in [4.78, 5) is 4.95. The largest absolute Gasteiger partial charge is 0.493 e. The summed E-state index contributed by atoms with van der Waals surface area (Å²) in [6, 6.07) is 4.25. The standard InChI is InChI=1S/C17H27BrN2O2/c1-4-22-17-15(18)12-14(13-16(17)21-3)6-5-7-20-10-8-19(2)9-11-20/h12-13H,4-11H2,1-3H3. The van der Waals surface area contributed by atoms with Gasteiger partial charge in [0.25, 0.3) is 0 Å². The van der Waals surface area contributed by atoms with Crippen molar-refractivity contribution in [3.8, 4) is 11.5 Å². The topological polar surface area (TPSA) is 24.9 Å². The van der Waals surface area contributed by atoms with E-state index in [4.69, 9.17) is 9.47 Å². The first-order valence-corrected chi connectivity index (χ1v) is 8.83. The summed E-state index contributed by atoms with van der Waals surface area (Å²) in [6.45, 7) is 8.53. The molecule has 0 aliphatic carbocycles. The molecular weight excluding hydrogens is 344 g/mol. The summed E-state index contributed by atoms with van der Waals surface area (Å²) in [5, 5.41) is 0. The van der Waals surface area contributed by atoms with Gasteiger partial charge in [-0.1, -0.05) is 0 Å². The van der Waals surface area contributed by atoms with Crippen LogP contribution in [0.3, 0.4) is 0 Å². The third-order valence-corrected chi connectivity index (χ3v) is 4.70. The zero-order valence-electron chi connectivity index (χ0n) is 13.9. The number of hydrogen-bond donors (Lipinski definition) is 0. The second-order valence-corrected chi connectivity index (χ2v) is 6.64. The van der Waals surface area contributed by atoms with Crippen LogP contribution >= 0.6 is 15.9 Å². The van der Waals surface area contributed by atoms with Gasteiger partial charge in [-0.25, -0.2) is 0 Å². The van der Waals surface area contributed by atoms with Crippen molar-refractivity contribution in [3.05, 3.63) is 22.2 Å². The fraction of sp³-hybridized carbons (Fsp3) is 0.647. The molecule has 0 spiro atoms. The molecule has 1 aromatic rings. The Labute approximate surface area is 142 Å². The number of benzene rings is 1. The molecule has 22 heavy (non-hydrogen) atoms. The van der Waals surface area contributed by atoms with E-state index in [2.05, 4.69) is 44.9 Å². The molecule has 1 aliphatic heterocycles. The van der Waals surface area contributed by atoms with Crippen LogP contribution in [0, 0.1) is 0 Å². The smallest absolute Gasteiger partial charge is 0.175 e. The van der Waals surface area contributed by atoms with Crippen LogP contribution in [0.4, 0.5) is 0 Å². The highest BCUT2D eigenvalue weighted by Crippen LogP contribution is 2.36. The van der Waals surface area contributed by atoms with Crippen LogP contribution < -0.4 is 9.47 Å². The summed E-state index contributed by atoms with van der Waals surface area (Å²) < 4.78 is 12.1. The third kappa shape index (κ3) is 4.86. The summed E-state index contributed by atoms with van der Waals surface area (Å²) in [6.07, 6.45) is 2.24. The van der Waals surface area contributed by atoms with Crippen molar-refractivity contribution in [1.29, 1.82) is 0 Å². The van der Waals surface area contributed by atoms with Gasteiger partial charge in [-0.2, -0.15) is 0 Å². The molecule has 0 aromatic heterocycles. The molecule has 0 N–H and O–H groups in total. The van der Waals surface area contributed by atoms with Crippen LogP contribution in [0.1, 0.15) is 18.9 Å². The van der Waals surface area contributed by atoms with E-state index in [-0.39, 0.29) is 0 Å². The number of halogens is 1. The maximum atomic E-state index is 5.64. The van der Waals surface area contributed by atoms with E-state index in [0.717, 1.165) is 22.4 Å². The van der Waals surface area contributed by atoms with Gasteiger partial charge in [-0.15, -0.1) is 0 Å².